The maximum atomic E-state index is 15.1. The molecule has 4 aromatic rings. The summed E-state index contributed by atoms with van der Waals surface area (Å²) < 4.78 is 44.9. The zero-order chi connectivity index (χ0) is 21.5. The van der Waals surface area contributed by atoms with Crippen LogP contribution in [-0.2, 0) is 5.92 Å². The van der Waals surface area contributed by atoms with Crippen LogP contribution in [0.2, 0.25) is 0 Å². The van der Waals surface area contributed by atoms with E-state index in [-0.39, 0.29) is 17.3 Å². The number of nitrogens with zero attached hydrogens (tertiary/aromatic N) is 5. The van der Waals surface area contributed by atoms with Crippen LogP contribution in [0.1, 0.15) is 29.7 Å². The SMILES string of the molecule is C/C(=N\O)c1ccc2nc(C(F)(F)c3ccc(F)cc3)nc(Nc3cc(C)[nH]n3)n12. The minimum absolute atomic E-state index is 0.00807. The van der Waals surface area contributed by atoms with Gasteiger partial charge in [0.05, 0.1) is 5.69 Å². The highest BCUT2D eigenvalue weighted by molar-refractivity contribution is 5.98. The van der Waals surface area contributed by atoms with Crippen LogP contribution in [0, 0.1) is 12.7 Å². The predicted molar refractivity (Wildman–Crippen MR) is 103 cm³/mol. The second kappa shape index (κ2) is 7.17. The molecule has 3 N–H and O–H groups in total. The third-order valence-electron chi connectivity index (χ3n) is 4.46. The molecule has 0 saturated heterocycles. The van der Waals surface area contributed by atoms with E-state index in [2.05, 4.69) is 30.6 Å². The summed E-state index contributed by atoms with van der Waals surface area (Å²) in [6.45, 7) is 3.33. The van der Waals surface area contributed by atoms with E-state index in [4.69, 9.17) is 5.21 Å². The highest BCUT2D eigenvalue weighted by atomic mass is 19.3. The van der Waals surface area contributed by atoms with Gasteiger partial charge in [0.1, 0.15) is 17.2 Å². The van der Waals surface area contributed by atoms with Gasteiger partial charge in [0.25, 0.3) is 0 Å². The van der Waals surface area contributed by atoms with Crippen molar-refractivity contribution in [2.75, 3.05) is 5.32 Å². The average Bonchev–Trinajstić information content (AvgIpc) is 3.33. The Kier molecular flexibility index (Phi) is 4.65. The van der Waals surface area contributed by atoms with E-state index < -0.39 is 23.1 Å². The van der Waals surface area contributed by atoms with Gasteiger partial charge in [0.2, 0.25) is 11.8 Å². The summed E-state index contributed by atoms with van der Waals surface area (Å²) in [6, 6.07) is 8.60. The molecular weight excluding hydrogens is 399 g/mol. The van der Waals surface area contributed by atoms with Crippen LogP contribution in [0.5, 0.6) is 0 Å². The lowest BCUT2D eigenvalue weighted by molar-refractivity contribution is 0.0330. The van der Waals surface area contributed by atoms with Crippen molar-refractivity contribution in [1.82, 2.24) is 24.6 Å². The molecule has 0 atom stereocenters. The van der Waals surface area contributed by atoms with Crippen molar-refractivity contribution in [2.45, 2.75) is 19.8 Å². The van der Waals surface area contributed by atoms with Crippen molar-refractivity contribution in [2.24, 2.45) is 5.16 Å². The smallest absolute Gasteiger partial charge is 0.331 e. The monoisotopic (exact) mass is 415 g/mol. The molecule has 0 aliphatic rings. The number of H-pyrrole nitrogens is 1. The average molecular weight is 415 g/mol. The Labute approximate surface area is 168 Å². The molecule has 0 aliphatic heterocycles. The molecular formula is C19H16F3N7O. The number of aromatic amines is 1. The molecule has 0 fully saturated rings. The zero-order valence-corrected chi connectivity index (χ0v) is 15.9. The van der Waals surface area contributed by atoms with Gasteiger partial charge >= 0.3 is 5.92 Å². The number of hydrogen-bond donors (Lipinski definition) is 3. The standard InChI is InChI=1S/C19H16F3N7O/c1-10-9-15(27-26-10)23-18-25-17(19(21,22)12-3-5-13(20)6-4-12)24-16-8-7-14(29(16)18)11(2)28-30/h3-9,30H,1-2H3,(H2,23,24,25,26,27)/b28-11+. The molecule has 30 heavy (non-hydrogen) atoms. The summed E-state index contributed by atoms with van der Waals surface area (Å²) in [6.07, 6.45) is 0. The van der Waals surface area contributed by atoms with Gasteiger partial charge in [-0.15, -0.1) is 0 Å². The van der Waals surface area contributed by atoms with Gasteiger partial charge in [-0.25, -0.2) is 9.37 Å². The number of alkyl halides is 2. The topological polar surface area (TPSA) is 103 Å². The Balaban J connectivity index is 1.90. The fourth-order valence-corrected chi connectivity index (χ4v) is 2.96. The molecule has 3 heterocycles. The first-order valence-electron chi connectivity index (χ1n) is 8.81. The number of aryl methyl sites for hydroxylation is 1. The summed E-state index contributed by atoms with van der Waals surface area (Å²) in [7, 11) is 0. The van der Waals surface area contributed by atoms with E-state index in [9.17, 15) is 4.39 Å². The van der Waals surface area contributed by atoms with Crippen molar-refractivity contribution in [3.05, 3.63) is 71.1 Å². The molecule has 0 aliphatic carbocycles. The van der Waals surface area contributed by atoms with Crippen molar-refractivity contribution < 1.29 is 18.4 Å². The van der Waals surface area contributed by atoms with E-state index in [1.54, 1.807) is 26.0 Å². The van der Waals surface area contributed by atoms with Crippen LogP contribution < -0.4 is 5.32 Å². The number of anilines is 2. The molecule has 11 heteroatoms. The summed E-state index contributed by atoms with van der Waals surface area (Å²) in [5.41, 5.74) is 1.08. The number of oxime groups is 1. The number of nitrogens with one attached hydrogen (secondary N) is 2. The van der Waals surface area contributed by atoms with Gasteiger partial charge in [-0.1, -0.05) is 5.16 Å². The van der Waals surface area contributed by atoms with E-state index in [0.29, 0.717) is 11.5 Å². The lowest BCUT2D eigenvalue weighted by Crippen LogP contribution is -2.22. The first kappa shape index (κ1) is 19.4. The second-order valence-corrected chi connectivity index (χ2v) is 6.61. The predicted octanol–water partition coefficient (Wildman–Crippen LogP) is 3.98. The molecule has 8 nitrogen and oxygen atoms in total. The van der Waals surface area contributed by atoms with Crippen molar-refractivity contribution in [3.8, 4) is 0 Å². The lowest BCUT2D eigenvalue weighted by atomic mass is 10.1. The van der Waals surface area contributed by atoms with Crippen molar-refractivity contribution in [1.29, 1.82) is 0 Å². The number of rotatable bonds is 5. The first-order valence-corrected chi connectivity index (χ1v) is 8.81. The second-order valence-electron chi connectivity index (χ2n) is 6.61. The van der Waals surface area contributed by atoms with Gasteiger partial charge < -0.3 is 10.5 Å². The fourth-order valence-electron chi connectivity index (χ4n) is 2.96. The Morgan fingerprint density at radius 1 is 1.17 bits per heavy atom. The maximum absolute atomic E-state index is 15.1. The van der Waals surface area contributed by atoms with E-state index in [1.807, 2.05) is 0 Å². The molecule has 0 radical (unpaired) electrons. The first-order chi connectivity index (χ1) is 14.3. The van der Waals surface area contributed by atoms with Crippen LogP contribution in [-0.4, -0.2) is 35.5 Å². The molecule has 0 amide bonds. The third kappa shape index (κ3) is 3.34. The normalized spacial score (nSPS) is 12.5. The van der Waals surface area contributed by atoms with Gasteiger partial charge in [-0.05, 0) is 50.2 Å². The van der Waals surface area contributed by atoms with E-state index >= 15 is 8.78 Å². The highest BCUT2D eigenvalue weighted by Gasteiger charge is 2.38. The van der Waals surface area contributed by atoms with E-state index in [1.165, 1.54) is 10.5 Å². The molecule has 3 aromatic heterocycles. The van der Waals surface area contributed by atoms with Gasteiger partial charge in [0, 0.05) is 17.3 Å². The molecule has 154 valence electrons. The summed E-state index contributed by atoms with van der Waals surface area (Å²) >= 11 is 0. The minimum atomic E-state index is -3.59. The zero-order valence-electron chi connectivity index (χ0n) is 15.9. The fraction of sp³-hybridized carbons (Fsp3) is 0.158. The van der Waals surface area contributed by atoms with Crippen molar-refractivity contribution >= 4 is 23.1 Å². The Morgan fingerprint density at radius 3 is 2.53 bits per heavy atom. The van der Waals surface area contributed by atoms with E-state index in [0.717, 1.165) is 30.0 Å². The molecule has 1 aromatic carbocycles. The molecule has 0 saturated carbocycles. The molecule has 0 bridgehead atoms. The number of benzene rings is 1. The number of hydrogen-bond acceptors (Lipinski definition) is 6. The molecule has 0 spiro atoms. The maximum Gasteiger partial charge on any atom is 0.331 e. The quantitative estimate of drug-likeness (QED) is 0.260. The van der Waals surface area contributed by atoms with Crippen LogP contribution in [0.15, 0.2) is 47.6 Å². The van der Waals surface area contributed by atoms with Gasteiger partial charge in [-0.3, -0.25) is 9.50 Å². The molecule has 4 rings (SSSR count). The summed E-state index contributed by atoms with van der Waals surface area (Å²) in [5, 5.41) is 22.0. The summed E-state index contributed by atoms with van der Waals surface area (Å²) in [4.78, 5) is 8.03. The largest absolute Gasteiger partial charge is 0.411 e. The lowest BCUT2D eigenvalue weighted by Gasteiger charge is -2.17. The Morgan fingerprint density at radius 2 is 1.90 bits per heavy atom. The van der Waals surface area contributed by atoms with Gasteiger partial charge in [-0.2, -0.15) is 18.9 Å². The van der Waals surface area contributed by atoms with Crippen LogP contribution in [0.4, 0.5) is 24.9 Å². The molecule has 0 unspecified atom stereocenters. The van der Waals surface area contributed by atoms with Crippen LogP contribution >= 0.6 is 0 Å². The van der Waals surface area contributed by atoms with Crippen LogP contribution in [0.25, 0.3) is 5.65 Å². The Hall–Kier alpha value is -3.89. The number of fused-ring (bicyclic) bond motifs is 1. The summed E-state index contributed by atoms with van der Waals surface area (Å²) in [5.74, 6) is -4.65. The highest BCUT2D eigenvalue weighted by Crippen LogP contribution is 2.35. The third-order valence-corrected chi connectivity index (χ3v) is 4.46. The number of aromatic nitrogens is 5. The Bertz CT molecular complexity index is 1240. The number of halogens is 3. The minimum Gasteiger partial charge on any atom is -0.411 e. The van der Waals surface area contributed by atoms with Crippen LogP contribution in [0.3, 0.4) is 0 Å². The van der Waals surface area contributed by atoms with Crippen molar-refractivity contribution in [3.63, 3.8) is 0 Å². The van der Waals surface area contributed by atoms with Gasteiger partial charge in [0.15, 0.2) is 5.82 Å².